The van der Waals surface area contributed by atoms with Crippen molar-refractivity contribution in [2.75, 3.05) is 6.26 Å². The predicted octanol–water partition coefficient (Wildman–Crippen LogP) is 5.36. The molecule has 0 aliphatic rings. The Labute approximate surface area is 184 Å². The zero-order valence-electron chi connectivity index (χ0n) is 16.3. The van der Waals surface area contributed by atoms with Gasteiger partial charge < -0.3 is 4.57 Å². The largest absolute Gasteiger partial charge is 0.320 e. The second-order valence-electron chi connectivity index (χ2n) is 6.72. The van der Waals surface area contributed by atoms with Gasteiger partial charge in [0.25, 0.3) is 0 Å². The fourth-order valence-corrected chi connectivity index (χ4v) is 4.72. The molecule has 0 atom stereocenters. The quantitative estimate of drug-likeness (QED) is 0.405. The summed E-state index contributed by atoms with van der Waals surface area (Å²) < 4.78 is 25.6. The number of halogens is 1. The van der Waals surface area contributed by atoms with Crippen LogP contribution in [0.1, 0.15) is 0 Å². The molecule has 2 heterocycles. The highest BCUT2D eigenvalue weighted by Crippen LogP contribution is 2.38. The maximum Gasteiger partial charge on any atom is 0.175 e. The summed E-state index contributed by atoms with van der Waals surface area (Å²) in [4.78, 5) is 10.6. The highest BCUT2D eigenvalue weighted by molar-refractivity contribution is 7.99. The number of pyridine rings is 1. The van der Waals surface area contributed by atoms with Crippen LogP contribution in [0.5, 0.6) is 0 Å². The summed E-state index contributed by atoms with van der Waals surface area (Å²) >= 11 is 7.59. The fraction of sp³-hybridized carbons (Fsp3) is 0.0909. The molecular formula is C22H18ClN3O2S2. The van der Waals surface area contributed by atoms with Crippen LogP contribution in [-0.4, -0.2) is 29.2 Å². The molecular weight excluding hydrogens is 438 g/mol. The zero-order chi connectivity index (χ0) is 21.3. The van der Waals surface area contributed by atoms with Crippen LogP contribution in [0, 0.1) is 0 Å². The second kappa shape index (κ2) is 8.26. The molecule has 0 saturated heterocycles. The van der Waals surface area contributed by atoms with Gasteiger partial charge in [-0.2, -0.15) is 0 Å². The van der Waals surface area contributed by atoms with Gasteiger partial charge in [0.15, 0.2) is 15.7 Å². The highest BCUT2D eigenvalue weighted by Gasteiger charge is 2.20. The first-order valence-corrected chi connectivity index (χ1v) is 12.1. The highest BCUT2D eigenvalue weighted by atomic mass is 35.5. The van der Waals surface area contributed by atoms with Crippen LogP contribution < -0.4 is 0 Å². The van der Waals surface area contributed by atoms with Crippen molar-refractivity contribution in [2.24, 2.45) is 7.05 Å². The molecule has 0 radical (unpaired) electrons. The number of sulfone groups is 1. The summed E-state index contributed by atoms with van der Waals surface area (Å²) in [5.74, 6) is 0.731. The van der Waals surface area contributed by atoms with E-state index in [-0.39, 0.29) is 4.90 Å². The van der Waals surface area contributed by atoms with Gasteiger partial charge in [-0.1, -0.05) is 41.6 Å². The number of hydrogen-bond acceptors (Lipinski definition) is 5. The van der Waals surface area contributed by atoms with E-state index in [1.54, 1.807) is 42.2 Å². The molecule has 0 aliphatic heterocycles. The first-order valence-electron chi connectivity index (χ1n) is 9.05. The van der Waals surface area contributed by atoms with Crippen LogP contribution >= 0.6 is 23.4 Å². The Hall–Kier alpha value is -2.61. The van der Waals surface area contributed by atoms with Crippen LogP contribution in [0.3, 0.4) is 0 Å². The predicted molar refractivity (Wildman–Crippen MR) is 121 cm³/mol. The Bertz CT molecular complexity index is 1280. The summed E-state index contributed by atoms with van der Waals surface area (Å²) in [5.41, 5.74) is 2.35. The Balaban J connectivity index is 1.84. The first kappa shape index (κ1) is 20.7. The topological polar surface area (TPSA) is 64.8 Å². The molecule has 8 heteroatoms. The zero-order valence-corrected chi connectivity index (χ0v) is 18.7. The molecule has 0 amide bonds. The van der Waals surface area contributed by atoms with Gasteiger partial charge in [-0.25, -0.2) is 13.4 Å². The minimum absolute atomic E-state index is 0.277. The molecule has 30 heavy (non-hydrogen) atoms. The van der Waals surface area contributed by atoms with Crippen LogP contribution in [0.25, 0.3) is 22.8 Å². The SMILES string of the molecule is Cn1c(-c2ccccn2)nc(-c2ccc(S(C)(=O)=O)cc2)c1Sc1ccc(Cl)cc1. The molecule has 5 nitrogen and oxygen atoms in total. The summed E-state index contributed by atoms with van der Waals surface area (Å²) in [5, 5.41) is 1.60. The van der Waals surface area contributed by atoms with Crippen LogP contribution in [0.4, 0.5) is 0 Å². The minimum atomic E-state index is -3.26. The molecule has 0 bridgehead atoms. The molecule has 0 unspecified atom stereocenters. The number of rotatable bonds is 5. The van der Waals surface area contributed by atoms with Gasteiger partial charge >= 0.3 is 0 Å². The van der Waals surface area contributed by atoms with Gasteiger partial charge in [0.05, 0.1) is 4.90 Å². The Morgan fingerprint density at radius 2 is 1.67 bits per heavy atom. The monoisotopic (exact) mass is 455 g/mol. The lowest BCUT2D eigenvalue weighted by atomic mass is 10.2. The van der Waals surface area contributed by atoms with Crippen molar-refractivity contribution in [3.8, 4) is 22.8 Å². The van der Waals surface area contributed by atoms with E-state index in [1.165, 1.54) is 6.26 Å². The van der Waals surface area contributed by atoms with E-state index in [9.17, 15) is 8.42 Å². The van der Waals surface area contributed by atoms with Crippen molar-refractivity contribution in [1.82, 2.24) is 14.5 Å². The van der Waals surface area contributed by atoms with Crippen molar-refractivity contribution < 1.29 is 8.42 Å². The van der Waals surface area contributed by atoms with E-state index >= 15 is 0 Å². The van der Waals surface area contributed by atoms with Gasteiger partial charge in [-0.15, -0.1) is 0 Å². The van der Waals surface area contributed by atoms with Gasteiger partial charge in [0.2, 0.25) is 0 Å². The normalized spacial score (nSPS) is 11.6. The van der Waals surface area contributed by atoms with Gasteiger partial charge in [0, 0.05) is 35.0 Å². The smallest absolute Gasteiger partial charge is 0.175 e. The molecule has 4 aromatic rings. The molecule has 152 valence electrons. The number of imidazole rings is 1. The molecule has 0 aliphatic carbocycles. The van der Waals surface area contributed by atoms with Gasteiger partial charge in [-0.3, -0.25) is 4.98 Å². The number of hydrogen-bond donors (Lipinski definition) is 0. The lowest BCUT2D eigenvalue weighted by Crippen LogP contribution is -1.96. The lowest BCUT2D eigenvalue weighted by Gasteiger charge is -2.08. The van der Waals surface area contributed by atoms with E-state index in [2.05, 4.69) is 4.98 Å². The van der Waals surface area contributed by atoms with Crippen molar-refractivity contribution >= 4 is 33.2 Å². The van der Waals surface area contributed by atoms with Crippen LogP contribution in [0.15, 0.2) is 87.7 Å². The van der Waals surface area contributed by atoms with E-state index in [0.717, 1.165) is 32.7 Å². The third kappa shape index (κ3) is 4.28. The first-order chi connectivity index (χ1) is 14.3. The van der Waals surface area contributed by atoms with Crippen LogP contribution in [0.2, 0.25) is 5.02 Å². The molecule has 0 fully saturated rings. The standard InChI is InChI=1S/C22H18ClN3O2S2/c1-26-21(19-5-3-4-14-24-19)25-20(15-6-12-18(13-7-15)30(2,27)28)22(26)29-17-10-8-16(23)9-11-17/h3-14H,1-2H3. The maximum atomic E-state index is 11.8. The van der Waals surface area contributed by atoms with Gasteiger partial charge in [0.1, 0.15) is 16.4 Å². The van der Waals surface area contributed by atoms with Crippen molar-refractivity contribution in [3.63, 3.8) is 0 Å². The van der Waals surface area contributed by atoms with Crippen molar-refractivity contribution in [3.05, 3.63) is 77.9 Å². The lowest BCUT2D eigenvalue weighted by molar-refractivity contribution is 0.602. The maximum absolute atomic E-state index is 11.8. The Kier molecular flexibility index (Phi) is 5.69. The molecule has 0 spiro atoms. The molecule has 2 aromatic heterocycles. The third-order valence-corrected chi connectivity index (χ3v) is 7.07. The second-order valence-corrected chi connectivity index (χ2v) is 10.2. The van der Waals surface area contributed by atoms with E-state index in [1.807, 2.05) is 54.1 Å². The minimum Gasteiger partial charge on any atom is -0.320 e. The number of nitrogens with zero attached hydrogens (tertiary/aromatic N) is 3. The summed E-state index contributed by atoms with van der Waals surface area (Å²) in [6.07, 6.45) is 2.93. The van der Waals surface area contributed by atoms with E-state index in [4.69, 9.17) is 16.6 Å². The molecule has 2 aromatic carbocycles. The van der Waals surface area contributed by atoms with E-state index in [0.29, 0.717) is 5.02 Å². The average molecular weight is 456 g/mol. The van der Waals surface area contributed by atoms with Crippen LogP contribution in [-0.2, 0) is 16.9 Å². The van der Waals surface area contributed by atoms with Crippen molar-refractivity contribution in [2.45, 2.75) is 14.8 Å². The number of aromatic nitrogens is 3. The Morgan fingerprint density at radius 3 is 2.27 bits per heavy atom. The summed E-state index contributed by atoms with van der Waals surface area (Å²) in [6, 6.07) is 20.1. The Morgan fingerprint density at radius 1 is 0.967 bits per heavy atom. The van der Waals surface area contributed by atoms with Gasteiger partial charge in [-0.05, 0) is 48.5 Å². The molecule has 0 saturated carbocycles. The van der Waals surface area contributed by atoms with Crippen molar-refractivity contribution in [1.29, 1.82) is 0 Å². The fourth-order valence-electron chi connectivity index (χ4n) is 2.99. The number of benzene rings is 2. The third-order valence-electron chi connectivity index (χ3n) is 4.52. The summed E-state index contributed by atoms with van der Waals surface area (Å²) in [6.45, 7) is 0. The van der Waals surface area contributed by atoms with E-state index < -0.39 is 9.84 Å². The molecule has 4 rings (SSSR count). The summed E-state index contributed by atoms with van der Waals surface area (Å²) in [7, 11) is -1.32. The average Bonchev–Trinajstić information content (AvgIpc) is 3.06. The molecule has 0 N–H and O–H groups in total.